The topological polar surface area (TPSA) is 69.6 Å². The fraction of sp³-hybridized carbons (Fsp3) is 0.579. The van der Waals surface area contributed by atoms with Crippen molar-refractivity contribution in [3.63, 3.8) is 0 Å². The second-order valence-electron chi connectivity index (χ2n) is 7.30. The molecule has 1 aliphatic rings. The van der Waals surface area contributed by atoms with E-state index in [2.05, 4.69) is 19.2 Å². The van der Waals surface area contributed by atoms with Crippen LogP contribution in [0.5, 0.6) is 5.75 Å². The van der Waals surface area contributed by atoms with Crippen LogP contribution in [0.1, 0.15) is 73.9 Å². The highest BCUT2D eigenvalue weighted by Crippen LogP contribution is 2.33. The lowest BCUT2D eigenvalue weighted by Gasteiger charge is -2.30. The zero-order chi connectivity index (χ0) is 18.0. The zero-order valence-electron chi connectivity index (χ0n) is 15.2. The van der Waals surface area contributed by atoms with Gasteiger partial charge >= 0.3 is 0 Å². The van der Waals surface area contributed by atoms with E-state index >= 15 is 0 Å². The summed E-state index contributed by atoms with van der Waals surface area (Å²) < 4.78 is 0. The Balaban J connectivity index is 2.26. The number of aromatic hydroxyl groups is 1. The van der Waals surface area contributed by atoms with Gasteiger partial charge in [0.05, 0.1) is 5.56 Å². The SMILES string of the molecule is CC(C)c1cc(C(=O)N[C@H]2CCC(=O)N(C)C2)c(O)c(C(C)C)c1. The summed E-state index contributed by atoms with van der Waals surface area (Å²) in [4.78, 5) is 25.9. The largest absolute Gasteiger partial charge is 0.507 e. The number of amides is 2. The second-order valence-corrected chi connectivity index (χ2v) is 7.30. The summed E-state index contributed by atoms with van der Waals surface area (Å²) in [5.74, 6) is 0.297. The number of nitrogens with zero attached hydrogens (tertiary/aromatic N) is 1. The van der Waals surface area contributed by atoms with Gasteiger partial charge in [0, 0.05) is 26.1 Å². The van der Waals surface area contributed by atoms with Crippen LogP contribution in [0, 0.1) is 0 Å². The van der Waals surface area contributed by atoms with Gasteiger partial charge in [0.1, 0.15) is 5.75 Å². The van der Waals surface area contributed by atoms with Crippen LogP contribution in [0.2, 0.25) is 0 Å². The van der Waals surface area contributed by atoms with Gasteiger partial charge in [0.15, 0.2) is 0 Å². The van der Waals surface area contributed by atoms with Crippen LogP contribution in [-0.2, 0) is 4.79 Å². The number of carbonyl (C=O) groups is 2. The number of rotatable bonds is 4. The molecule has 1 aromatic carbocycles. The fourth-order valence-electron chi connectivity index (χ4n) is 3.02. The molecule has 1 atom stereocenters. The van der Waals surface area contributed by atoms with E-state index in [1.807, 2.05) is 19.9 Å². The van der Waals surface area contributed by atoms with Gasteiger partial charge in [0.2, 0.25) is 5.91 Å². The smallest absolute Gasteiger partial charge is 0.255 e. The first-order valence-corrected chi connectivity index (χ1v) is 8.62. The van der Waals surface area contributed by atoms with Crippen molar-refractivity contribution in [2.45, 2.75) is 58.4 Å². The molecular formula is C19H28N2O3. The molecule has 2 amide bonds. The summed E-state index contributed by atoms with van der Waals surface area (Å²) in [6.07, 6.45) is 1.08. The Hall–Kier alpha value is -2.04. The summed E-state index contributed by atoms with van der Waals surface area (Å²) in [5.41, 5.74) is 2.16. The van der Waals surface area contributed by atoms with Crippen molar-refractivity contribution in [2.24, 2.45) is 0 Å². The van der Waals surface area contributed by atoms with Gasteiger partial charge in [-0.15, -0.1) is 0 Å². The van der Waals surface area contributed by atoms with E-state index in [0.717, 1.165) is 11.1 Å². The van der Waals surface area contributed by atoms with Crippen molar-refractivity contribution in [1.82, 2.24) is 10.2 Å². The molecule has 2 N–H and O–H groups in total. The highest BCUT2D eigenvalue weighted by Gasteiger charge is 2.26. The Bertz CT molecular complexity index is 638. The average Bonchev–Trinajstić information content (AvgIpc) is 2.50. The lowest BCUT2D eigenvalue weighted by Crippen LogP contribution is -2.48. The van der Waals surface area contributed by atoms with E-state index in [1.165, 1.54) is 0 Å². The standard InChI is InChI=1S/C19H28N2O3/c1-11(2)13-8-15(12(3)4)18(23)16(9-13)19(24)20-14-6-7-17(22)21(5)10-14/h8-9,11-12,14,23H,6-7,10H2,1-5H3,(H,20,24)/t14-/m0/s1. The molecule has 0 bridgehead atoms. The van der Waals surface area contributed by atoms with Crippen LogP contribution in [0.3, 0.4) is 0 Å². The van der Waals surface area contributed by atoms with Crippen molar-refractivity contribution in [1.29, 1.82) is 0 Å². The van der Waals surface area contributed by atoms with E-state index in [-0.39, 0.29) is 35.4 Å². The van der Waals surface area contributed by atoms with E-state index in [9.17, 15) is 14.7 Å². The molecule has 2 rings (SSSR count). The number of likely N-dealkylation sites (N-methyl/N-ethyl adjacent to an activating group) is 1. The van der Waals surface area contributed by atoms with E-state index in [1.54, 1.807) is 18.0 Å². The summed E-state index contributed by atoms with van der Waals surface area (Å²) in [6.45, 7) is 8.65. The van der Waals surface area contributed by atoms with Crippen LogP contribution in [0.25, 0.3) is 0 Å². The average molecular weight is 332 g/mol. The highest BCUT2D eigenvalue weighted by molar-refractivity contribution is 5.98. The number of hydrogen-bond donors (Lipinski definition) is 2. The van der Waals surface area contributed by atoms with E-state index < -0.39 is 0 Å². The number of nitrogens with one attached hydrogen (secondary N) is 1. The van der Waals surface area contributed by atoms with Crippen molar-refractivity contribution >= 4 is 11.8 Å². The number of piperidine rings is 1. The highest BCUT2D eigenvalue weighted by atomic mass is 16.3. The maximum atomic E-state index is 12.7. The summed E-state index contributed by atoms with van der Waals surface area (Å²) in [6, 6.07) is 3.68. The molecule has 132 valence electrons. The molecule has 0 unspecified atom stereocenters. The predicted octanol–water partition coefficient (Wildman–Crippen LogP) is 2.99. The minimum atomic E-state index is -0.273. The lowest BCUT2D eigenvalue weighted by atomic mass is 9.91. The molecule has 1 heterocycles. The van der Waals surface area contributed by atoms with Crippen molar-refractivity contribution in [3.05, 3.63) is 28.8 Å². The zero-order valence-corrected chi connectivity index (χ0v) is 15.2. The third-order valence-electron chi connectivity index (χ3n) is 4.66. The van der Waals surface area contributed by atoms with Crippen LogP contribution >= 0.6 is 0 Å². The van der Waals surface area contributed by atoms with Gasteiger partial charge in [-0.3, -0.25) is 9.59 Å². The molecule has 1 aromatic rings. The number of hydrogen-bond acceptors (Lipinski definition) is 3. The third kappa shape index (κ3) is 3.89. The number of carbonyl (C=O) groups excluding carboxylic acids is 2. The quantitative estimate of drug-likeness (QED) is 0.890. The summed E-state index contributed by atoms with van der Waals surface area (Å²) in [7, 11) is 1.74. The van der Waals surface area contributed by atoms with Crippen LogP contribution in [-0.4, -0.2) is 41.5 Å². The normalized spacial score (nSPS) is 18.4. The Morgan fingerprint density at radius 1 is 1.25 bits per heavy atom. The van der Waals surface area contributed by atoms with Gasteiger partial charge in [0.25, 0.3) is 5.91 Å². The molecule has 24 heavy (non-hydrogen) atoms. The molecule has 0 aromatic heterocycles. The second kappa shape index (κ2) is 7.24. The van der Waals surface area contributed by atoms with E-state index in [4.69, 9.17) is 0 Å². The molecule has 1 saturated heterocycles. The Morgan fingerprint density at radius 3 is 2.46 bits per heavy atom. The Labute approximate surface area is 144 Å². The number of likely N-dealkylation sites (tertiary alicyclic amines) is 1. The molecule has 0 aliphatic carbocycles. The summed E-state index contributed by atoms with van der Waals surface area (Å²) >= 11 is 0. The van der Waals surface area contributed by atoms with Gasteiger partial charge in [-0.05, 0) is 35.4 Å². The van der Waals surface area contributed by atoms with Crippen molar-refractivity contribution in [3.8, 4) is 5.75 Å². The number of phenols is 1. The summed E-state index contributed by atoms with van der Waals surface area (Å²) in [5, 5.41) is 13.5. The lowest BCUT2D eigenvalue weighted by molar-refractivity contribution is -0.132. The number of benzene rings is 1. The molecule has 1 aliphatic heterocycles. The molecule has 5 heteroatoms. The number of phenolic OH excluding ortho intramolecular Hbond substituents is 1. The monoisotopic (exact) mass is 332 g/mol. The van der Waals surface area contributed by atoms with Gasteiger partial charge < -0.3 is 15.3 Å². The molecule has 5 nitrogen and oxygen atoms in total. The van der Waals surface area contributed by atoms with Crippen molar-refractivity contribution < 1.29 is 14.7 Å². The Kier molecular flexibility index (Phi) is 5.52. The van der Waals surface area contributed by atoms with Gasteiger partial charge in [-0.25, -0.2) is 0 Å². The third-order valence-corrected chi connectivity index (χ3v) is 4.66. The first-order chi connectivity index (χ1) is 11.2. The van der Waals surface area contributed by atoms with Crippen LogP contribution in [0.15, 0.2) is 12.1 Å². The predicted molar refractivity (Wildman–Crippen MR) is 94.4 cm³/mol. The fourth-order valence-corrected chi connectivity index (χ4v) is 3.02. The minimum absolute atomic E-state index is 0.0622. The van der Waals surface area contributed by atoms with Crippen molar-refractivity contribution in [2.75, 3.05) is 13.6 Å². The van der Waals surface area contributed by atoms with Gasteiger partial charge in [-0.1, -0.05) is 33.8 Å². The van der Waals surface area contributed by atoms with Crippen LogP contribution < -0.4 is 5.32 Å². The van der Waals surface area contributed by atoms with Gasteiger partial charge in [-0.2, -0.15) is 0 Å². The molecule has 0 saturated carbocycles. The first kappa shape index (κ1) is 18.3. The first-order valence-electron chi connectivity index (χ1n) is 8.62. The van der Waals surface area contributed by atoms with E-state index in [0.29, 0.717) is 24.9 Å². The van der Waals surface area contributed by atoms with Crippen LogP contribution in [0.4, 0.5) is 0 Å². The maximum Gasteiger partial charge on any atom is 0.255 e. The minimum Gasteiger partial charge on any atom is -0.507 e. The molecule has 1 fully saturated rings. The Morgan fingerprint density at radius 2 is 1.92 bits per heavy atom. The molecule has 0 spiro atoms. The molecule has 0 radical (unpaired) electrons. The maximum absolute atomic E-state index is 12.7. The molecular weight excluding hydrogens is 304 g/mol.